The van der Waals surface area contributed by atoms with Crippen LogP contribution in [0.25, 0.3) is 0 Å². The normalized spacial score (nSPS) is 29.0. The van der Waals surface area contributed by atoms with E-state index in [2.05, 4.69) is 10.6 Å². The molecule has 1 spiro atoms. The van der Waals surface area contributed by atoms with E-state index in [4.69, 9.17) is 4.74 Å². The minimum absolute atomic E-state index is 0.00984. The molecule has 8 nitrogen and oxygen atoms in total. The van der Waals surface area contributed by atoms with Crippen molar-refractivity contribution in [2.24, 2.45) is 11.8 Å². The molecule has 208 valence electrons. The fourth-order valence-electron chi connectivity index (χ4n) is 7.02. The maximum Gasteiger partial charge on any atom is 0.250 e. The first-order chi connectivity index (χ1) is 18.8. The van der Waals surface area contributed by atoms with E-state index in [1.807, 2.05) is 69.3 Å². The second kappa shape index (κ2) is 10.7. The van der Waals surface area contributed by atoms with Crippen LogP contribution in [-0.2, 0) is 25.7 Å². The molecule has 2 aromatic rings. The van der Waals surface area contributed by atoms with E-state index in [0.717, 1.165) is 16.7 Å². The molecule has 3 amide bonds. The van der Waals surface area contributed by atoms with Gasteiger partial charge in [0.1, 0.15) is 11.6 Å². The number of hydrogen-bond donors (Lipinski definition) is 3. The molecule has 5 rings (SSSR count). The van der Waals surface area contributed by atoms with Crippen LogP contribution in [0.3, 0.4) is 0 Å². The number of unbranched alkanes of at least 4 members (excludes halogenated alkanes) is 1. The van der Waals surface area contributed by atoms with Crippen LogP contribution >= 0.6 is 0 Å². The van der Waals surface area contributed by atoms with Gasteiger partial charge in [0.15, 0.2) is 0 Å². The van der Waals surface area contributed by atoms with Crippen LogP contribution in [0, 0.1) is 25.7 Å². The SMILES string of the molecule is CC[C@@]12CCC3(O1)C(C(=O)Nc1cc(C)ccc1C)N(CCCCO)C(=O)[C@@H]3[C@@H]2C(=O)NCc1ccccc1. The molecule has 3 saturated heterocycles. The number of amides is 3. The van der Waals surface area contributed by atoms with Crippen molar-refractivity contribution >= 4 is 23.4 Å². The summed E-state index contributed by atoms with van der Waals surface area (Å²) in [4.78, 5) is 43.6. The highest BCUT2D eigenvalue weighted by Gasteiger charge is 2.78. The van der Waals surface area contributed by atoms with E-state index in [1.54, 1.807) is 4.90 Å². The van der Waals surface area contributed by atoms with Crippen molar-refractivity contribution in [1.82, 2.24) is 10.2 Å². The molecule has 0 aromatic heterocycles. The van der Waals surface area contributed by atoms with Gasteiger partial charge in [-0.1, -0.05) is 49.4 Å². The lowest BCUT2D eigenvalue weighted by molar-refractivity contribution is -0.146. The summed E-state index contributed by atoms with van der Waals surface area (Å²) in [6.45, 7) is 6.59. The number of carbonyl (C=O) groups excluding carboxylic acids is 3. The lowest BCUT2D eigenvalue weighted by Gasteiger charge is -2.34. The van der Waals surface area contributed by atoms with Crippen LogP contribution in [-0.4, -0.2) is 58.1 Å². The molecule has 39 heavy (non-hydrogen) atoms. The van der Waals surface area contributed by atoms with Crippen LogP contribution in [0.1, 0.15) is 55.7 Å². The molecule has 5 atom stereocenters. The third-order valence-electron chi connectivity index (χ3n) is 8.98. The Morgan fingerprint density at radius 2 is 1.85 bits per heavy atom. The third-order valence-corrected chi connectivity index (χ3v) is 8.98. The van der Waals surface area contributed by atoms with Gasteiger partial charge in [-0.05, 0) is 68.7 Å². The molecule has 3 N–H and O–H groups in total. The minimum Gasteiger partial charge on any atom is -0.396 e. The zero-order valence-electron chi connectivity index (χ0n) is 23.0. The van der Waals surface area contributed by atoms with Gasteiger partial charge in [-0.3, -0.25) is 14.4 Å². The largest absolute Gasteiger partial charge is 0.396 e. The predicted octanol–water partition coefficient (Wildman–Crippen LogP) is 3.49. The molecule has 3 heterocycles. The van der Waals surface area contributed by atoms with Gasteiger partial charge >= 0.3 is 0 Å². The lowest BCUT2D eigenvalue weighted by Crippen LogP contribution is -2.53. The van der Waals surface area contributed by atoms with Crippen molar-refractivity contribution < 1.29 is 24.2 Å². The Morgan fingerprint density at radius 1 is 1.08 bits per heavy atom. The molecule has 3 aliphatic heterocycles. The van der Waals surface area contributed by atoms with E-state index in [-0.39, 0.29) is 24.3 Å². The maximum absolute atomic E-state index is 14.1. The fourth-order valence-corrected chi connectivity index (χ4v) is 7.02. The van der Waals surface area contributed by atoms with Crippen molar-refractivity contribution in [1.29, 1.82) is 0 Å². The quantitative estimate of drug-likeness (QED) is 0.405. The number of likely N-dealkylation sites (tertiary alicyclic amines) is 1. The summed E-state index contributed by atoms with van der Waals surface area (Å²) in [5, 5.41) is 15.5. The van der Waals surface area contributed by atoms with Crippen LogP contribution in [0.5, 0.6) is 0 Å². The van der Waals surface area contributed by atoms with E-state index in [1.165, 1.54) is 0 Å². The standard InChI is InChI=1S/C31H39N3O5/c1-4-30-14-15-31(39-30)25(24(30)27(36)32-19-22-10-6-5-7-11-22)29(38)34(16-8-9-17-35)26(31)28(37)33-23-18-20(2)12-13-21(23)3/h5-7,10-13,18,24-26,35H,4,8-9,14-17,19H2,1-3H3,(H,32,36)(H,33,37)/t24-,25+,26?,30+,31?/m1/s1. The monoisotopic (exact) mass is 533 g/mol. The van der Waals surface area contributed by atoms with Crippen molar-refractivity contribution in [3.05, 3.63) is 65.2 Å². The molecular weight excluding hydrogens is 494 g/mol. The van der Waals surface area contributed by atoms with Gasteiger partial charge in [0.05, 0.1) is 17.4 Å². The number of fused-ring (bicyclic) bond motifs is 1. The molecule has 0 aliphatic carbocycles. The zero-order chi connectivity index (χ0) is 27.8. The van der Waals surface area contributed by atoms with Gasteiger partial charge in [-0.25, -0.2) is 0 Å². The molecule has 2 unspecified atom stereocenters. The molecule has 3 fully saturated rings. The van der Waals surface area contributed by atoms with Crippen LogP contribution < -0.4 is 10.6 Å². The fraction of sp³-hybridized carbons (Fsp3) is 0.516. The van der Waals surface area contributed by atoms with Crippen molar-refractivity contribution in [2.75, 3.05) is 18.5 Å². The molecule has 8 heteroatoms. The summed E-state index contributed by atoms with van der Waals surface area (Å²) in [6.07, 6.45) is 2.82. The number of anilines is 1. The van der Waals surface area contributed by atoms with E-state index in [0.29, 0.717) is 50.9 Å². The number of rotatable bonds is 10. The summed E-state index contributed by atoms with van der Waals surface area (Å²) in [6, 6.07) is 14.7. The average Bonchev–Trinajstić information content (AvgIpc) is 3.54. The Bertz CT molecular complexity index is 1250. The molecule has 2 bridgehead atoms. The molecule has 2 aromatic carbocycles. The number of ether oxygens (including phenoxy) is 1. The summed E-state index contributed by atoms with van der Waals surface area (Å²) < 4.78 is 6.81. The number of nitrogens with zero attached hydrogens (tertiary/aromatic N) is 1. The number of hydrogen-bond acceptors (Lipinski definition) is 5. The number of nitrogens with one attached hydrogen (secondary N) is 2. The van der Waals surface area contributed by atoms with Gasteiger partial charge in [0.2, 0.25) is 17.7 Å². The Kier molecular flexibility index (Phi) is 7.53. The lowest BCUT2D eigenvalue weighted by atomic mass is 9.65. The van der Waals surface area contributed by atoms with Gasteiger partial charge in [0.25, 0.3) is 0 Å². The molecule has 3 aliphatic rings. The van der Waals surface area contributed by atoms with Crippen molar-refractivity contribution in [3.63, 3.8) is 0 Å². The predicted molar refractivity (Wildman–Crippen MR) is 148 cm³/mol. The summed E-state index contributed by atoms with van der Waals surface area (Å²) in [5.74, 6) is -2.10. The van der Waals surface area contributed by atoms with Crippen LogP contribution in [0.15, 0.2) is 48.5 Å². The third kappa shape index (κ3) is 4.63. The van der Waals surface area contributed by atoms with Gasteiger partial charge < -0.3 is 25.4 Å². The van der Waals surface area contributed by atoms with Crippen molar-refractivity contribution in [2.45, 2.75) is 76.7 Å². The highest BCUT2D eigenvalue weighted by atomic mass is 16.5. The zero-order valence-corrected chi connectivity index (χ0v) is 23.0. The van der Waals surface area contributed by atoms with Crippen LogP contribution in [0.2, 0.25) is 0 Å². The Morgan fingerprint density at radius 3 is 2.56 bits per heavy atom. The van der Waals surface area contributed by atoms with Gasteiger partial charge in [0, 0.05) is 25.4 Å². The number of aliphatic hydroxyl groups excluding tert-OH is 1. The first-order valence-corrected chi connectivity index (χ1v) is 14.1. The Hall–Kier alpha value is -3.23. The number of aliphatic hydroxyl groups is 1. The topological polar surface area (TPSA) is 108 Å². The summed E-state index contributed by atoms with van der Waals surface area (Å²) in [5.41, 5.74) is 1.78. The maximum atomic E-state index is 14.1. The second-order valence-corrected chi connectivity index (χ2v) is 11.3. The van der Waals surface area contributed by atoms with E-state index in [9.17, 15) is 19.5 Å². The molecular formula is C31H39N3O5. The van der Waals surface area contributed by atoms with E-state index < -0.39 is 29.1 Å². The van der Waals surface area contributed by atoms with Crippen LogP contribution in [0.4, 0.5) is 5.69 Å². The van der Waals surface area contributed by atoms with Crippen molar-refractivity contribution in [3.8, 4) is 0 Å². The molecule has 0 radical (unpaired) electrons. The summed E-state index contributed by atoms with van der Waals surface area (Å²) >= 11 is 0. The smallest absolute Gasteiger partial charge is 0.250 e. The highest BCUT2D eigenvalue weighted by Crippen LogP contribution is 2.64. The average molecular weight is 534 g/mol. The number of aryl methyl sites for hydroxylation is 2. The minimum atomic E-state index is -1.07. The second-order valence-electron chi connectivity index (χ2n) is 11.3. The Labute approximate surface area is 230 Å². The first kappa shape index (κ1) is 27.3. The van der Waals surface area contributed by atoms with Gasteiger partial charge in [-0.2, -0.15) is 0 Å². The molecule has 0 saturated carbocycles. The summed E-state index contributed by atoms with van der Waals surface area (Å²) in [7, 11) is 0. The number of benzene rings is 2. The van der Waals surface area contributed by atoms with Gasteiger partial charge in [-0.15, -0.1) is 0 Å². The Balaban J connectivity index is 1.48. The van der Waals surface area contributed by atoms with E-state index >= 15 is 0 Å². The first-order valence-electron chi connectivity index (χ1n) is 14.1. The number of carbonyl (C=O) groups is 3. The highest BCUT2D eigenvalue weighted by molar-refractivity contribution is 6.04.